The smallest absolute Gasteiger partial charge is 0.337 e. The Hall–Kier alpha value is -1.62. The number of halogens is 4. The lowest BCUT2D eigenvalue weighted by Gasteiger charge is -2.20. The largest absolute Gasteiger partial charge is 0.416 e. The van der Waals surface area contributed by atoms with Gasteiger partial charge in [0.15, 0.2) is 0 Å². The number of carbonyl (C=O) groups is 1. The summed E-state index contributed by atoms with van der Waals surface area (Å²) in [5, 5.41) is 0. The Morgan fingerprint density at radius 3 is 2.52 bits per heavy atom. The number of thiophene rings is 1. The van der Waals surface area contributed by atoms with Crippen LogP contribution in [0, 0.1) is 0 Å². The SMILES string of the molecule is CCN(Cc1ccc(Cl)s1)C(=O)CNS(=O)(=O)c1cccc(C(F)(F)F)c1. The summed E-state index contributed by atoms with van der Waals surface area (Å²) < 4.78 is 65.3. The maximum Gasteiger partial charge on any atom is 0.416 e. The summed E-state index contributed by atoms with van der Waals surface area (Å²) in [6, 6.07) is 6.78. The fraction of sp³-hybridized carbons (Fsp3) is 0.312. The standard InChI is InChI=1S/C16H16ClF3N2O3S2/c1-2-22(10-12-6-7-14(17)26-12)15(23)9-21-27(24,25)13-5-3-4-11(8-13)16(18,19)20/h3-8,21H,2,9-10H2,1H3. The second kappa shape index (κ2) is 8.59. The number of nitrogens with zero attached hydrogens (tertiary/aromatic N) is 1. The molecule has 0 aliphatic heterocycles. The molecule has 0 aliphatic rings. The zero-order chi connectivity index (χ0) is 20.2. The topological polar surface area (TPSA) is 66.5 Å². The number of sulfonamides is 1. The van der Waals surface area contributed by atoms with Crippen LogP contribution in [-0.4, -0.2) is 32.3 Å². The number of carbonyl (C=O) groups excluding carboxylic acids is 1. The van der Waals surface area contributed by atoms with Crippen LogP contribution in [0.25, 0.3) is 0 Å². The Balaban J connectivity index is 2.06. The molecule has 0 saturated carbocycles. The van der Waals surface area contributed by atoms with E-state index in [1.807, 2.05) is 0 Å². The van der Waals surface area contributed by atoms with E-state index in [1.54, 1.807) is 19.1 Å². The van der Waals surface area contributed by atoms with Gasteiger partial charge in [-0.15, -0.1) is 11.3 Å². The zero-order valence-corrected chi connectivity index (χ0v) is 16.5. The van der Waals surface area contributed by atoms with Gasteiger partial charge in [-0.2, -0.15) is 13.2 Å². The van der Waals surface area contributed by atoms with Crippen LogP contribution in [0.4, 0.5) is 13.2 Å². The van der Waals surface area contributed by atoms with Crippen molar-refractivity contribution in [3.05, 3.63) is 51.2 Å². The first kappa shape index (κ1) is 21.7. The maximum absolute atomic E-state index is 12.7. The minimum atomic E-state index is -4.66. The number of hydrogen-bond donors (Lipinski definition) is 1. The van der Waals surface area contributed by atoms with Gasteiger partial charge in [0, 0.05) is 11.4 Å². The number of nitrogens with one attached hydrogen (secondary N) is 1. The van der Waals surface area contributed by atoms with Crippen molar-refractivity contribution in [3.8, 4) is 0 Å². The summed E-state index contributed by atoms with van der Waals surface area (Å²) in [4.78, 5) is 14.0. The van der Waals surface area contributed by atoms with Gasteiger partial charge in [-0.25, -0.2) is 13.1 Å². The van der Waals surface area contributed by atoms with Crippen LogP contribution in [0.3, 0.4) is 0 Å². The molecule has 2 rings (SSSR count). The molecule has 1 amide bonds. The van der Waals surface area contributed by atoms with E-state index < -0.39 is 39.1 Å². The molecule has 0 atom stereocenters. The Morgan fingerprint density at radius 2 is 1.96 bits per heavy atom. The number of amides is 1. The molecule has 1 aromatic heterocycles. The van der Waals surface area contributed by atoms with Gasteiger partial charge < -0.3 is 4.90 Å². The Labute approximate surface area is 163 Å². The minimum absolute atomic E-state index is 0.262. The van der Waals surface area contributed by atoms with Crippen molar-refractivity contribution in [2.24, 2.45) is 0 Å². The monoisotopic (exact) mass is 440 g/mol. The summed E-state index contributed by atoms with van der Waals surface area (Å²) in [5.74, 6) is -0.502. The van der Waals surface area contributed by atoms with Crippen LogP contribution in [0.2, 0.25) is 4.34 Å². The third kappa shape index (κ3) is 5.93. The molecule has 2 aromatic rings. The van der Waals surface area contributed by atoms with Crippen molar-refractivity contribution < 1.29 is 26.4 Å². The Morgan fingerprint density at radius 1 is 1.26 bits per heavy atom. The van der Waals surface area contributed by atoms with E-state index in [-0.39, 0.29) is 6.54 Å². The maximum atomic E-state index is 12.7. The summed E-state index contributed by atoms with van der Waals surface area (Å²) in [6.45, 7) is 1.76. The number of likely N-dealkylation sites (N-methyl/N-ethyl adjacent to an activating group) is 1. The molecule has 27 heavy (non-hydrogen) atoms. The average Bonchev–Trinajstić information content (AvgIpc) is 3.02. The summed E-state index contributed by atoms with van der Waals surface area (Å²) in [7, 11) is -4.26. The van der Waals surface area contributed by atoms with Gasteiger partial charge in [-0.3, -0.25) is 4.79 Å². The molecule has 1 aromatic carbocycles. The van der Waals surface area contributed by atoms with Crippen LogP contribution in [0.5, 0.6) is 0 Å². The fourth-order valence-electron chi connectivity index (χ4n) is 2.19. The normalized spacial score (nSPS) is 12.2. The molecule has 11 heteroatoms. The third-order valence-electron chi connectivity index (χ3n) is 3.60. The average molecular weight is 441 g/mol. The molecule has 0 saturated heterocycles. The van der Waals surface area contributed by atoms with E-state index in [0.29, 0.717) is 16.9 Å². The molecule has 1 N–H and O–H groups in total. The lowest BCUT2D eigenvalue weighted by molar-refractivity contribution is -0.137. The van der Waals surface area contributed by atoms with Crippen molar-refractivity contribution in [2.75, 3.05) is 13.1 Å². The number of alkyl halides is 3. The first-order chi connectivity index (χ1) is 12.5. The summed E-state index contributed by atoms with van der Waals surface area (Å²) >= 11 is 7.14. The highest BCUT2D eigenvalue weighted by atomic mass is 35.5. The van der Waals surface area contributed by atoms with Crippen LogP contribution in [0.1, 0.15) is 17.4 Å². The molecular formula is C16H16ClF3N2O3S2. The molecule has 148 valence electrons. The number of rotatable bonds is 7. The molecule has 0 fully saturated rings. The molecule has 0 bridgehead atoms. The molecule has 5 nitrogen and oxygen atoms in total. The Kier molecular flexibility index (Phi) is 6.90. The van der Waals surface area contributed by atoms with Crippen molar-refractivity contribution in [1.29, 1.82) is 0 Å². The zero-order valence-electron chi connectivity index (χ0n) is 14.1. The first-order valence-electron chi connectivity index (χ1n) is 7.72. The van der Waals surface area contributed by atoms with E-state index in [4.69, 9.17) is 11.6 Å². The number of benzene rings is 1. The quantitative estimate of drug-likeness (QED) is 0.713. The lowest BCUT2D eigenvalue weighted by Crippen LogP contribution is -2.39. The molecule has 0 radical (unpaired) electrons. The highest BCUT2D eigenvalue weighted by Gasteiger charge is 2.31. The lowest BCUT2D eigenvalue weighted by atomic mass is 10.2. The van der Waals surface area contributed by atoms with Gasteiger partial charge in [0.1, 0.15) is 0 Å². The molecule has 1 heterocycles. The molecular weight excluding hydrogens is 425 g/mol. The minimum Gasteiger partial charge on any atom is -0.337 e. The van der Waals surface area contributed by atoms with Crippen LogP contribution in [0.15, 0.2) is 41.3 Å². The Bertz CT molecular complexity index is 914. The van der Waals surface area contributed by atoms with E-state index in [9.17, 15) is 26.4 Å². The molecule has 0 aliphatic carbocycles. The van der Waals surface area contributed by atoms with E-state index in [2.05, 4.69) is 4.72 Å². The van der Waals surface area contributed by atoms with Gasteiger partial charge in [-0.1, -0.05) is 17.7 Å². The van der Waals surface area contributed by atoms with Crippen molar-refractivity contribution in [1.82, 2.24) is 9.62 Å². The van der Waals surface area contributed by atoms with E-state index in [0.717, 1.165) is 23.1 Å². The van der Waals surface area contributed by atoms with Gasteiger partial charge in [0.05, 0.1) is 27.9 Å². The van der Waals surface area contributed by atoms with Crippen molar-refractivity contribution in [2.45, 2.75) is 24.5 Å². The molecule has 0 spiro atoms. The van der Waals surface area contributed by atoms with Crippen LogP contribution in [-0.2, 0) is 27.5 Å². The second-order valence-electron chi connectivity index (χ2n) is 5.46. The fourth-order valence-corrected chi connectivity index (χ4v) is 4.32. The van der Waals surface area contributed by atoms with E-state index >= 15 is 0 Å². The predicted molar refractivity (Wildman–Crippen MR) is 97.1 cm³/mol. The summed E-state index contributed by atoms with van der Waals surface area (Å²) in [5.41, 5.74) is -1.08. The predicted octanol–water partition coefficient (Wildman–Crippen LogP) is 3.75. The second-order valence-corrected chi connectivity index (χ2v) is 9.03. The van der Waals surface area contributed by atoms with Gasteiger partial charge in [0.2, 0.25) is 15.9 Å². The third-order valence-corrected chi connectivity index (χ3v) is 6.21. The highest BCUT2D eigenvalue weighted by Crippen LogP contribution is 2.30. The summed E-state index contributed by atoms with van der Waals surface area (Å²) in [6.07, 6.45) is -4.66. The van der Waals surface area contributed by atoms with Crippen molar-refractivity contribution in [3.63, 3.8) is 0 Å². The first-order valence-corrected chi connectivity index (χ1v) is 10.4. The van der Waals surface area contributed by atoms with Gasteiger partial charge >= 0.3 is 6.18 Å². The highest BCUT2D eigenvalue weighted by molar-refractivity contribution is 7.89. The van der Waals surface area contributed by atoms with Crippen molar-refractivity contribution >= 4 is 38.9 Å². The molecule has 0 unspecified atom stereocenters. The van der Waals surface area contributed by atoms with Gasteiger partial charge in [-0.05, 0) is 37.3 Å². The van der Waals surface area contributed by atoms with Crippen LogP contribution >= 0.6 is 22.9 Å². The van der Waals surface area contributed by atoms with Crippen LogP contribution < -0.4 is 4.72 Å². The van der Waals surface area contributed by atoms with E-state index in [1.165, 1.54) is 16.2 Å². The number of hydrogen-bond acceptors (Lipinski definition) is 4. The van der Waals surface area contributed by atoms with Gasteiger partial charge in [0.25, 0.3) is 0 Å².